The van der Waals surface area contributed by atoms with Crippen molar-refractivity contribution in [2.75, 3.05) is 7.05 Å². The van der Waals surface area contributed by atoms with Gasteiger partial charge in [0.25, 0.3) is 0 Å². The summed E-state index contributed by atoms with van der Waals surface area (Å²) in [6.45, 7) is 0. The summed E-state index contributed by atoms with van der Waals surface area (Å²) in [6, 6.07) is 5.87. The van der Waals surface area contributed by atoms with Crippen LogP contribution in [0.1, 0.15) is 12.8 Å². The average Bonchev–Trinajstić information content (AvgIpc) is 2.08. The van der Waals surface area contributed by atoms with Gasteiger partial charge in [0.05, 0.1) is 0 Å². The van der Waals surface area contributed by atoms with E-state index in [1.54, 1.807) is 18.2 Å². The average molecular weight is 246 g/mol. The van der Waals surface area contributed by atoms with E-state index in [4.69, 9.17) is 27.9 Å². The number of halogens is 2. The lowest BCUT2D eigenvalue weighted by Crippen LogP contribution is -2.45. The molecule has 1 saturated carbocycles. The zero-order valence-corrected chi connectivity index (χ0v) is 9.98. The van der Waals surface area contributed by atoms with Crippen LogP contribution in [0.4, 0.5) is 0 Å². The van der Waals surface area contributed by atoms with Crippen LogP contribution in [0, 0.1) is 0 Å². The first kappa shape index (κ1) is 11.1. The number of hydrogen-bond donors (Lipinski definition) is 1. The summed E-state index contributed by atoms with van der Waals surface area (Å²) < 4.78 is 5.74. The Kier molecular flexibility index (Phi) is 3.39. The summed E-state index contributed by atoms with van der Waals surface area (Å²) in [5.74, 6) is 0.757. The van der Waals surface area contributed by atoms with Crippen LogP contribution in [-0.2, 0) is 0 Å². The zero-order chi connectivity index (χ0) is 10.8. The summed E-state index contributed by atoms with van der Waals surface area (Å²) >= 11 is 11.7. The maximum atomic E-state index is 5.87. The van der Waals surface area contributed by atoms with E-state index in [9.17, 15) is 0 Å². The van der Waals surface area contributed by atoms with Gasteiger partial charge in [0.15, 0.2) is 0 Å². The van der Waals surface area contributed by atoms with Crippen LogP contribution in [-0.4, -0.2) is 19.2 Å². The molecular formula is C11H13Cl2NO. The first-order chi connectivity index (χ1) is 7.17. The van der Waals surface area contributed by atoms with Gasteiger partial charge in [0, 0.05) is 16.1 Å². The fourth-order valence-corrected chi connectivity index (χ4v) is 2.19. The number of ether oxygens (including phenoxy) is 1. The minimum Gasteiger partial charge on any atom is -0.490 e. The predicted octanol–water partition coefficient (Wildman–Crippen LogP) is 3.12. The molecule has 0 amide bonds. The number of rotatable bonds is 3. The van der Waals surface area contributed by atoms with Crippen LogP contribution >= 0.6 is 23.2 Å². The number of hydrogen-bond acceptors (Lipinski definition) is 2. The maximum Gasteiger partial charge on any atom is 0.122 e. The van der Waals surface area contributed by atoms with E-state index >= 15 is 0 Å². The van der Waals surface area contributed by atoms with E-state index in [1.165, 1.54) is 0 Å². The Morgan fingerprint density at radius 1 is 1.20 bits per heavy atom. The molecule has 1 aromatic rings. The van der Waals surface area contributed by atoms with Crippen LogP contribution in [0.2, 0.25) is 10.0 Å². The van der Waals surface area contributed by atoms with E-state index in [2.05, 4.69) is 5.32 Å². The molecule has 1 aromatic carbocycles. The highest BCUT2D eigenvalue weighted by atomic mass is 35.5. The van der Waals surface area contributed by atoms with Crippen molar-refractivity contribution >= 4 is 23.2 Å². The quantitative estimate of drug-likeness (QED) is 0.884. The lowest BCUT2D eigenvalue weighted by molar-refractivity contribution is 0.0885. The van der Waals surface area contributed by atoms with Gasteiger partial charge < -0.3 is 10.1 Å². The van der Waals surface area contributed by atoms with Crippen molar-refractivity contribution in [1.82, 2.24) is 5.32 Å². The van der Waals surface area contributed by atoms with Gasteiger partial charge in [-0.25, -0.2) is 0 Å². The van der Waals surface area contributed by atoms with Crippen LogP contribution < -0.4 is 10.1 Å². The van der Waals surface area contributed by atoms with Gasteiger partial charge in [-0.2, -0.15) is 0 Å². The standard InChI is InChI=1S/C11H13Cl2NO/c1-14-9-5-11(6-9)15-10-3-7(12)2-8(13)4-10/h2-4,9,11,14H,5-6H2,1H3. The van der Waals surface area contributed by atoms with Gasteiger partial charge in [0.1, 0.15) is 11.9 Å². The van der Waals surface area contributed by atoms with Crippen LogP contribution in [0.5, 0.6) is 5.75 Å². The Morgan fingerprint density at radius 3 is 2.33 bits per heavy atom. The lowest BCUT2D eigenvalue weighted by Gasteiger charge is -2.35. The summed E-state index contributed by atoms with van der Waals surface area (Å²) in [6.07, 6.45) is 2.37. The molecule has 2 nitrogen and oxygen atoms in total. The van der Waals surface area contributed by atoms with Gasteiger partial charge in [-0.3, -0.25) is 0 Å². The molecule has 0 unspecified atom stereocenters. The first-order valence-electron chi connectivity index (χ1n) is 4.97. The molecule has 15 heavy (non-hydrogen) atoms. The molecule has 1 fully saturated rings. The molecule has 0 bridgehead atoms. The van der Waals surface area contributed by atoms with Crippen molar-refractivity contribution in [3.63, 3.8) is 0 Å². The fourth-order valence-electron chi connectivity index (χ4n) is 1.69. The van der Waals surface area contributed by atoms with Crippen molar-refractivity contribution in [1.29, 1.82) is 0 Å². The third kappa shape index (κ3) is 2.77. The maximum absolute atomic E-state index is 5.87. The van der Waals surface area contributed by atoms with Crippen molar-refractivity contribution in [2.24, 2.45) is 0 Å². The van der Waals surface area contributed by atoms with Gasteiger partial charge in [-0.15, -0.1) is 0 Å². The third-order valence-electron chi connectivity index (χ3n) is 2.64. The molecule has 0 atom stereocenters. The highest BCUT2D eigenvalue weighted by Crippen LogP contribution is 2.29. The molecular weight excluding hydrogens is 233 g/mol. The molecule has 0 radical (unpaired) electrons. The third-order valence-corrected chi connectivity index (χ3v) is 3.08. The van der Waals surface area contributed by atoms with Gasteiger partial charge in [-0.1, -0.05) is 23.2 Å². The summed E-state index contributed by atoms with van der Waals surface area (Å²) in [4.78, 5) is 0. The lowest BCUT2D eigenvalue weighted by atomic mass is 9.89. The molecule has 1 N–H and O–H groups in total. The normalized spacial score (nSPS) is 24.7. The molecule has 2 rings (SSSR count). The molecule has 0 aliphatic heterocycles. The Labute approximate surface area is 99.5 Å². The molecule has 1 aliphatic carbocycles. The highest BCUT2D eigenvalue weighted by molar-refractivity contribution is 6.34. The van der Waals surface area contributed by atoms with Crippen molar-refractivity contribution in [2.45, 2.75) is 25.0 Å². The second-order valence-corrected chi connectivity index (χ2v) is 4.67. The second-order valence-electron chi connectivity index (χ2n) is 3.80. The summed E-state index contributed by atoms with van der Waals surface area (Å²) in [5, 5.41) is 4.43. The zero-order valence-electron chi connectivity index (χ0n) is 8.47. The minimum absolute atomic E-state index is 0.289. The summed E-state index contributed by atoms with van der Waals surface area (Å²) in [5.41, 5.74) is 0. The monoisotopic (exact) mass is 245 g/mol. The second kappa shape index (κ2) is 4.60. The minimum atomic E-state index is 0.289. The highest BCUT2D eigenvalue weighted by Gasteiger charge is 2.29. The molecule has 0 aromatic heterocycles. The van der Waals surface area contributed by atoms with E-state index < -0.39 is 0 Å². The van der Waals surface area contributed by atoms with Crippen molar-refractivity contribution < 1.29 is 4.74 Å². The molecule has 82 valence electrons. The Balaban J connectivity index is 1.94. The SMILES string of the molecule is CNC1CC(Oc2cc(Cl)cc(Cl)c2)C1. The Morgan fingerprint density at radius 2 is 1.80 bits per heavy atom. The summed E-state index contributed by atoms with van der Waals surface area (Å²) in [7, 11) is 1.97. The van der Waals surface area contributed by atoms with Crippen LogP contribution in [0.25, 0.3) is 0 Å². The predicted molar refractivity (Wildman–Crippen MR) is 63.0 cm³/mol. The molecule has 0 saturated heterocycles. The Bertz CT molecular complexity index is 330. The topological polar surface area (TPSA) is 21.3 Å². The van der Waals surface area contributed by atoms with E-state index in [-0.39, 0.29) is 6.10 Å². The largest absolute Gasteiger partial charge is 0.490 e. The number of benzene rings is 1. The molecule has 0 spiro atoms. The van der Waals surface area contributed by atoms with Gasteiger partial charge in [-0.05, 0) is 38.1 Å². The van der Waals surface area contributed by atoms with Gasteiger partial charge >= 0.3 is 0 Å². The van der Waals surface area contributed by atoms with Crippen LogP contribution in [0.3, 0.4) is 0 Å². The smallest absolute Gasteiger partial charge is 0.122 e. The van der Waals surface area contributed by atoms with E-state index in [0.29, 0.717) is 16.1 Å². The molecule has 1 aliphatic rings. The molecule has 0 heterocycles. The van der Waals surface area contributed by atoms with E-state index in [0.717, 1.165) is 18.6 Å². The van der Waals surface area contributed by atoms with E-state index in [1.807, 2.05) is 7.05 Å². The number of nitrogens with one attached hydrogen (secondary N) is 1. The van der Waals surface area contributed by atoms with Crippen molar-refractivity contribution in [3.8, 4) is 5.75 Å². The molecule has 4 heteroatoms. The Hall–Kier alpha value is -0.440. The van der Waals surface area contributed by atoms with Crippen molar-refractivity contribution in [3.05, 3.63) is 28.2 Å². The fraction of sp³-hybridized carbons (Fsp3) is 0.455. The van der Waals surface area contributed by atoms with Gasteiger partial charge in [0.2, 0.25) is 0 Å². The van der Waals surface area contributed by atoms with Crippen LogP contribution in [0.15, 0.2) is 18.2 Å². The first-order valence-corrected chi connectivity index (χ1v) is 5.73.